The van der Waals surface area contributed by atoms with E-state index in [1.807, 2.05) is 0 Å². The van der Waals surface area contributed by atoms with E-state index in [1.54, 1.807) is 0 Å². The zero-order valence-electron chi connectivity index (χ0n) is 10.4. The summed E-state index contributed by atoms with van der Waals surface area (Å²) in [6, 6.07) is 0. The average molecular weight is 410 g/mol. The number of sulfonamides is 2. The van der Waals surface area contributed by atoms with Gasteiger partial charge < -0.3 is 0 Å². The van der Waals surface area contributed by atoms with Crippen LogP contribution in [0.4, 0.5) is 26.3 Å². The van der Waals surface area contributed by atoms with Crippen LogP contribution in [0.2, 0.25) is 0 Å². The molecule has 134 valence electrons. The third-order valence-electron chi connectivity index (χ3n) is 2.10. The van der Waals surface area contributed by atoms with Crippen molar-refractivity contribution in [3.63, 3.8) is 0 Å². The van der Waals surface area contributed by atoms with Gasteiger partial charge in [-0.2, -0.15) is 34.8 Å². The Hall–Kier alpha value is -1.19. The second-order valence-corrected chi connectivity index (χ2v) is 7.66. The molecule has 0 bridgehead atoms. The van der Waals surface area contributed by atoms with Crippen LogP contribution in [0.5, 0.6) is 0 Å². The molecule has 1 aliphatic rings. The van der Waals surface area contributed by atoms with Crippen molar-refractivity contribution in [1.82, 2.24) is 14.6 Å². The van der Waals surface area contributed by atoms with Crippen molar-refractivity contribution in [2.24, 2.45) is 0 Å². The van der Waals surface area contributed by atoms with E-state index in [-0.39, 0.29) is 10.0 Å². The lowest BCUT2D eigenvalue weighted by Gasteiger charge is -2.30. The Morgan fingerprint density at radius 2 is 1.43 bits per heavy atom. The molecule has 0 fully saturated rings. The predicted octanol–water partition coefficient (Wildman–Crippen LogP) is 1.06. The first-order valence-corrected chi connectivity index (χ1v) is 8.43. The van der Waals surface area contributed by atoms with Crippen molar-refractivity contribution < 1.29 is 43.2 Å². The Bertz CT molecular complexity index is 739. The molecule has 23 heavy (non-hydrogen) atoms. The summed E-state index contributed by atoms with van der Waals surface area (Å²) in [7, 11) is -12.0. The second kappa shape index (κ2) is 6.03. The number of halogens is 7. The van der Waals surface area contributed by atoms with E-state index in [0.29, 0.717) is 6.08 Å². The lowest BCUT2D eigenvalue weighted by molar-refractivity contribution is -0.0474. The maximum absolute atomic E-state index is 12.3. The number of hydrogen-bond donors (Lipinski definition) is 2. The van der Waals surface area contributed by atoms with Crippen LogP contribution in [0, 0.1) is 0 Å². The molecule has 0 amide bonds. The van der Waals surface area contributed by atoms with E-state index < -0.39 is 43.4 Å². The molecule has 1 rings (SSSR count). The van der Waals surface area contributed by atoms with Gasteiger partial charge in [-0.05, 0) is 12.2 Å². The van der Waals surface area contributed by atoms with E-state index in [9.17, 15) is 43.2 Å². The summed E-state index contributed by atoms with van der Waals surface area (Å²) in [5, 5.41) is -0.320. The molecular formula is C7H6ClF6N3O4S2. The van der Waals surface area contributed by atoms with Crippen LogP contribution < -0.4 is 9.55 Å². The molecule has 0 saturated carbocycles. The Kier molecular flexibility index (Phi) is 5.20. The van der Waals surface area contributed by atoms with Gasteiger partial charge in [-0.3, -0.25) is 9.73 Å². The Balaban J connectivity index is 3.14. The quantitative estimate of drug-likeness (QED) is 0.677. The van der Waals surface area contributed by atoms with Crippen LogP contribution in [0.3, 0.4) is 0 Å². The molecule has 0 aromatic heterocycles. The molecule has 1 heterocycles. The molecule has 0 saturated heterocycles. The van der Waals surface area contributed by atoms with E-state index in [0.717, 1.165) is 15.6 Å². The average Bonchev–Trinajstić information content (AvgIpc) is 2.29. The van der Waals surface area contributed by atoms with Gasteiger partial charge in [-0.15, -0.1) is 4.83 Å². The summed E-state index contributed by atoms with van der Waals surface area (Å²) < 4.78 is 118. The number of hydrazine groups is 1. The third kappa shape index (κ3) is 4.65. The standard InChI is InChI=1S/C7H6ClF6N3O4S2/c8-4-1-2-5(15-22(18,19)6(9,10)11)17(3-4)16-23(20,21)7(12,13)14/h1-2,15-16H,3H2. The predicted molar refractivity (Wildman–Crippen MR) is 64.9 cm³/mol. The molecule has 0 aromatic rings. The number of rotatable bonds is 4. The molecular weight excluding hydrogens is 404 g/mol. The molecule has 0 atom stereocenters. The first kappa shape index (κ1) is 19.9. The molecule has 1 aliphatic heterocycles. The summed E-state index contributed by atoms with van der Waals surface area (Å²) in [4.78, 5) is 0.882. The van der Waals surface area contributed by atoms with Crippen LogP contribution in [0.1, 0.15) is 0 Å². The highest BCUT2D eigenvalue weighted by Gasteiger charge is 2.49. The van der Waals surface area contributed by atoms with Crippen molar-refractivity contribution >= 4 is 31.6 Å². The Labute approximate surface area is 130 Å². The summed E-state index contributed by atoms with van der Waals surface area (Å²) in [5.74, 6) is -1.13. The monoisotopic (exact) mass is 409 g/mol. The van der Waals surface area contributed by atoms with Crippen molar-refractivity contribution in [1.29, 1.82) is 0 Å². The fourth-order valence-corrected chi connectivity index (χ4v) is 2.42. The van der Waals surface area contributed by atoms with Gasteiger partial charge in [0.25, 0.3) is 0 Å². The van der Waals surface area contributed by atoms with Crippen molar-refractivity contribution in [2.45, 2.75) is 11.0 Å². The maximum atomic E-state index is 12.3. The highest BCUT2D eigenvalue weighted by atomic mass is 35.5. The van der Waals surface area contributed by atoms with Crippen molar-refractivity contribution in [3.05, 3.63) is 23.0 Å². The van der Waals surface area contributed by atoms with Crippen LogP contribution >= 0.6 is 11.6 Å². The summed E-state index contributed by atoms with van der Waals surface area (Å²) in [6.45, 7) is -0.844. The van der Waals surface area contributed by atoms with E-state index in [2.05, 4.69) is 0 Å². The summed E-state index contributed by atoms with van der Waals surface area (Å²) in [6.07, 6.45) is 1.42. The molecule has 0 unspecified atom stereocenters. The van der Waals surface area contributed by atoms with E-state index >= 15 is 0 Å². The van der Waals surface area contributed by atoms with E-state index in [1.165, 1.54) is 0 Å². The number of alkyl halides is 6. The molecule has 16 heteroatoms. The zero-order valence-corrected chi connectivity index (χ0v) is 12.8. The van der Waals surface area contributed by atoms with Crippen molar-refractivity contribution in [3.8, 4) is 0 Å². The van der Waals surface area contributed by atoms with Gasteiger partial charge >= 0.3 is 31.1 Å². The van der Waals surface area contributed by atoms with Crippen LogP contribution in [-0.2, 0) is 20.0 Å². The summed E-state index contributed by atoms with van der Waals surface area (Å²) in [5.41, 5.74) is -11.6. The molecule has 0 spiro atoms. The maximum Gasteiger partial charge on any atom is 0.516 e. The van der Waals surface area contributed by atoms with Crippen LogP contribution in [-0.4, -0.2) is 39.4 Å². The minimum Gasteiger partial charge on any atom is -0.274 e. The molecule has 7 nitrogen and oxygen atoms in total. The number of allylic oxidation sites excluding steroid dienone is 2. The highest BCUT2D eigenvalue weighted by Crippen LogP contribution is 2.26. The fraction of sp³-hybridized carbons (Fsp3) is 0.429. The van der Waals surface area contributed by atoms with Gasteiger partial charge in [-0.25, -0.2) is 8.42 Å². The zero-order chi connectivity index (χ0) is 18.3. The lowest BCUT2D eigenvalue weighted by atomic mass is 10.3. The lowest BCUT2D eigenvalue weighted by Crippen LogP contribution is -2.52. The molecule has 0 aliphatic carbocycles. The highest BCUT2D eigenvalue weighted by molar-refractivity contribution is 7.90. The number of nitrogens with zero attached hydrogens (tertiary/aromatic N) is 1. The normalized spacial score (nSPS) is 17.6. The van der Waals surface area contributed by atoms with E-state index in [4.69, 9.17) is 11.6 Å². The topological polar surface area (TPSA) is 95.6 Å². The molecule has 0 radical (unpaired) electrons. The van der Waals surface area contributed by atoms with Gasteiger partial charge in [-0.1, -0.05) is 11.6 Å². The first-order valence-electron chi connectivity index (χ1n) is 5.08. The van der Waals surface area contributed by atoms with Gasteiger partial charge in [0.2, 0.25) is 0 Å². The molecule has 2 N–H and O–H groups in total. The Morgan fingerprint density at radius 1 is 0.957 bits per heavy atom. The van der Waals surface area contributed by atoms with Gasteiger partial charge in [0.05, 0.1) is 6.54 Å². The third-order valence-corrected chi connectivity index (χ3v) is 4.50. The minimum absolute atomic E-state index is 0.0472. The minimum atomic E-state index is -6.01. The fourth-order valence-electron chi connectivity index (χ4n) is 1.11. The van der Waals surface area contributed by atoms with Gasteiger partial charge in [0, 0.05) is 5.03 Å². The van der Waals surface area contributed by atoms with Crippen LogP contribution in [0.15, 0.2) is 23.0 Å². The first-order chi connectivity index (χ1) is 10.1. The van der Waals surface area contributed by atoms with Crippen LogP contribution in [0.25, 0.3) is 0 Å². The SMILES string of the molecule is O=S(=O)(NC1=CC=C(Cl)CN1NS(=O)(=O)C(F)(F)F)C(F)(F)F. The number of hydrogen-bond acceptors (Lipinski definition) is 5. The Morgan fingerprint density at radius 3 is 1.87 bits per heavy atom. The van der Waals surface area contributed by atoms with Crippen molar-refractivity contribution in [2.75, 3.05) is 6.54 Å². The number of nitrogens with one attached hydrogen (secondary N) is 2. The smallest absolute Gasteiger partial charge is 0.274 e. The second-order valence-electron chi connectivity index (χ2n) is 3.84. The van der Waals surface area contributed by atoms with Gasteiger partial charge in [0.1, 0.15) is 5.82 Å². The molecule has 0 aromatic carbocycles. The largest absolute Gasteiger partial charge is 0.516 e. The van der Waals surface area contributed by atoms with Gasteiger partial charge in [0.15, 0.2) is 0 Å². The summed E-state index contributed by atoms with van der Waals surface area (Å²) >= 11 is 5.44.